The number of thioether (sulfide) groups is 2. The SMILES string of the molecule is CCC[C@@H]1CC(C(=O)NC([C@H](C)Cl)[C@H]2O[C@H](SC)[C@H](OP(=O)(O)OP(=O)(O)O[C@@H]3[C@@H](O)[C@@H](O)[C@@H](C(NC(=O)C4C[C@@H](CCC)CN4C)[C@H](C)Cl)O[C@@H]3SC)[C@@H](O)[C@H]2O)N(C)C1. The largest absolute Gasteiger partial charge is 0.481 e. The van der Waals surface area contributed by atoms with E-state index in [0.29, 0.717) is 24.7 Å². The third-order valence-electron chi connectivity index (χ3n) is 11.9. The number of phosphoric acid groups is 2. The lowest BCUT2D eigenvalue weighted by molar-refractivity contribution is -0.203. The number of rotatable bonds is 20. The molecule has 0 radical (unpaired) electrons. The van der Waals surface area contributed by atoms with E-state index in [9.17, 15) is 48.9 Å². The van der Waals surface area contributed by atoms with Crippen molar-refractivity contribution in [2.24, 2.45) is 11.8 Å². The van der Waals surface area contributed by atoms with Gasteiger partial charge in [0.15, 0.2) is 0 Å². The number of likely N-dealkylation sites (tertiary alicyclic amines) is 2. The number of ether oxygens (including phenoxy) is 2. The van der Waals surface area contributed by atoms with E-state index in [1.165, 1.54) is 12.5 Å². The van der Waals surface area contributed by atoms with E-state index < -0.39 is 110 Å². The fourth-order valence-electron chi connectivity index (χ4n) is 8.90. The van der Waals surface area contributed by atoms with Crippen molar-refractivity contribution in [1.29, 1.82) is 0 Å². The Kier molecular flexibility index (Phi) is 20.5. The summed E-state index contributed by atoms with van der Waals surface area (Å²) in [6.07, 6.45) is -5.83. The molecule has 0 saturated carbocycles. The molecule has 20 atom stereocenters. The van der Waals surface area contributed by atoms with Crippen LogP contribution in [0, 0.1) is 11.8 Å². The molecule has 0 spiro atoms. The zero-order chi connectivity index (χ0) is 45.7. The number of aliphatic hydroxyl groups is 4. The molecule has 2 amide bonds. The van der Waals surface area contributed by atoms with E-state index in [1.54, 1.807) is 13.8 Å². The molecule has 19 nitrogen and oxygen atoms in total. The van der Waals surface area contributed by atoms with Gasteiger partial charge in [-0.25, -0.2) is 9.13 Å². The molecule has 4 heterocycles. The molecule has 4 rings (SSSR count). The number of phosphoric ester groups is 2. The molecule has 0 aromatic rings. The Morgan fingerprint density at radius 2 is 1.07 bits per heavy atom. The summed E-state index contributed by atoms with van der Waals surface area (Å²) >= 11 is 14.8. The molecule has 0 aliphatic carbocycles. The van der Waals surface area contributed by atoms with Crippen molar-refractivity contribution in [3.05, 3.63) is 0 Å². The van der Waals surface area contributed by atoms with E-state index in [1.807, 2.05) is 23.9 Å². The second-order valence-corrected chi connectivity index (χ2v) is 22.8. The number of alkyl halides is 2. The summed E-state index contributed by atoms with van der Waals surface area (Å²) in [6.45, 7) is 8.76. The smallest absolute Gasteiger partial charge is 0.388 e. The predicted molar refractivity (Wildman–Crippen MR) is 232 cm³/mol. The first kappa shape index (κ1) is 53.8. The standard InChI is InChI=1S/C36H66Cl2N4O15P2S2/c1-9-11-19-13-21(41(5)15-19)33(47)39-23(17(3)37)29-25(43)27(45)31(35(53-29)60-7)55-58(49,50)57-59(51,52)56-32-28(46)26(44)30(54-36(32)61-8)24(18(4)38)40-34(48)22-14-20(12-10-2)16-42(22)6/h17-32,35-36,43-46H,9-16H2,1-8H3,(H,39,47)(H,40,48)(H,49,50)(H,51,52)/t17-,18-,19+,20+,21?,22?,23?,24?,25+,26+,27-,28-,29+,30+,31+,32+,35+,36+/m0/s1. The van der Waals surface area contributed by atoms with Crippen molar-refractivity contribution in [3.63, 3.8) is 0 Å². The molecule has 0 aromatic carbocycles. The lowest BCUT2D eigenvalue weighted by atomic mass is 9.92. The maximum Gasteiger partial charge on any atom is 0.481 e. The van der Waals surface area contributed by atoms with Crippen LogP contribution in [0.5, 0.6) is 0 Å². The maximum absolute atomic E-state index is 13.4. The average Bonchev–Trinajstić information content (AvgIpc) is 3.74. The van der Waals surface area contributed by atoms with E-state index in [-0.39, 0.29) is 11.8 Å². The Hall–Kier alpha value is 0.160. The summed E-state index contributed by atoms with van der Waals surface area (Å²) in [5, 5.41) is 49.1. The van der Waals surface area contributed by atoms with Crippen LogP contribution in [0.2, 0.25) is 0 Å². The number of carbonyl (C=O) groups excluding carboxylic acids is 2. The van der Waals surface area contributed by atoms with Gasteiger partial charge in [0.05, 0.1) is 34.9 Å². The second-order valence-electron chi connectivity index (χ2n) is 16.6. The summed E-state index contributed by atoms with van der Waals surface area (Å²) in [5.41, 5.74) is -2.62. The van der Waals surface area contributed by atoms with Crippen LogP contribution in [-0.4, -0.2) is 186 Å². The minimum atomic E-state index is -5.69. The molecule has 0 bridgehead atoms. The van der Waals surface area contributed by atoms with Gasteiger partial charge < -0.3 is 50.3 Å². The number of likely N-dealkylation sites (N-methyl/N-ethyl adjacent to an activating group) is 2. The molecule has 4 saturated heterocycles. The number of aliphatic hydroxyl groups excluding tert-OH is 4. The van der Waals surface area contributed by atoms with Crippen molar-refractivity contribution < 1.29 is 71.8 Å². The fourth-order valence-corrected chi connectivity index (χ4v) is 13.4. The maximum atomic E-state index is 13.4. The number of halogens is 2. The first-order valence-corrected chi connectivity index (χ1v) is 27.0. The number of amides is 2. The number of hydrogen-bond donors (Lipinski definition) is 8. The first-order chi connectivity index (χ1) is 28.5. The van der Waals surface area contributed by atoms with Crippen molar-refractivity contribution in [3.8, 4) is 0 Å². The molecule has 356 valence electrons. The highest BCUT2D eigenvalue weighted by Gasteiger charge is 2.55. The highest BCUT2D eigenvalue weighted by Crippen LogP contribution is 2.63. The normalized spacial score (nSPS) is 39.1. The van der Waals surface area contributed by atoms with E-state index in [0.717, 1.165) is 62.3 Å². The van der Waals surface area contributed by atoms with Crippen molar-refractivity contribution in [1.82, 2.24) is 20.4 Å². The molecule has 8 N–H and O–H groups in total. The molecule has 4 aliphatic rings. The fraction of sp³-hybridized carbons (Fsp3) is 0.944. The van der Waals surface area contributed by atoms with Crippen molar-refractivity contribution >= 4 is 74.2 Å². The highest BCUT2D eigenvalue weighted by atomic mass is 35.5. The monoisotopic (exact) mass is 990 g/mol. The lowest BCUT2D eigenvalue weighted by Gasteiger charge is -2.46. The van der Waals surface area contributed by atoms with Crippen LogP contribution in [0.1, 0.15) is 66.2 Å². The zero-order valence-corrected chi connectivity index (χ0v) is 40.7. The van der Waals surface area contributed by atoms with Crippen LogP contribution in [0.3, 0.4) is 0 Å². The number of carbonyl (C=O) groups is 2. The van der Waals surface area contributed by atoms with Gasteiger partial charge >= 0.3 is 15.6 Å². The summed E-state index contributed by atoms with van der Waals surface area (Å²) < 4.78 is 53.6. The zero-order valence-electron chi connectivity index (χ0n) is 35.8. The molecular formula is C36H66Cl2N4O15P2S2. The molecule has 25 heteroatoms. The predicted octanol–water partition coefficient (Wildman–Crippen LogP) is 2.06. The van der Waals surface area contributed by atoms with Crippen molar-refractivity contribution in [2.45, 2.75) is 161 Å². The van der Waals surface area contributed by atoms with Crippen LogP contribution in [-0.2, 0) is 41.6 Å². The third-order valence-corrected chi connectivity index (χ3v) is 16.8. The second kappa shape index (κ2) is 23.3. The Bertz CT molecular complexity index is 1440. The van der Waals surface area contributed by atoms with E-state index in [4.69, 9.17) is 41.7 Å². The summed E-state index contributed by atoms with van der Waals surface area (Å²) in [6, 6.07) is -2.99. The highest BCUT2D eigenvalue weighted by molar-refractivity contribution is 7.99. The third kappa shape index (κ3) is 13.6. The quantitative estimate of drug-likeness (QED) is 0.0641. The number of hydrogen-bond acceptors (Lipinski definition) is 17. The van der Waals surface area contributed by atoms with Gasteiger partial charge in [-0.2, -0.15) is 4.31 Å². The molecule has 61 heavy (non-hydrogen) atoms. The number of nitrogens with one attached hydrogen (secondary N) is 2. The molecule has 0 aromatic heterocycles. The van der Waals surface area contributed by atoms with Gasteiger partial charge in [-0.3, -0.25) is 28.4 Å². The minimum absolute atomic E-state index is 0.332. The topological polar surface area (TPSA) is 266 Å². The molecule has 4 fully saturated rings. The van der Waals surface area contributed by atoms with Gasteiger partial charge in [0.1, 0.15) is 59.7 Å². The van der Waals surface area contributed by atoms with Gasteiger partial charge in [0.25, 0.3) is 0 Å². The van der Waals surface area contributed by atoms with Gasteiger partial charge in [0.2, 0.25) is 11.8 Å². The number of nitrogens with zero attached hydrogens (tertiary/aromatic N) is 2. The minimum Gasteiger partial charge on any atom is -0.388 e. The Labute approximate surface area is 377 Å². The van der Waals surface area contributed by atoms with Crippen LogP contribution in [0.4, 0.5) is 0 Å². The summed E-state index contributed by atoms with van der Waals surface area (Å²) in [7, 11) is -7.70. The Morgan fingerprint density at radius 1 is 0.721 bits per heavy atom. The van der Waals surface area contributed by atoms with Crippen LogP contribution in [0.25, 0.3) is 0 Å². The van der Waals surface area contributed by atoms with Crippen LogP contribution in [0.15, 0.2) is 0 Å². The van der Waals surface area contributed by atoms with Gasteiger partial charge in [-0.05, 0) is 78.0 Å². The molecular weight excluding hydrogens is 925 g/mol. The average molecular weight is 992 g/mol. The van der Waals surface area contributed by atoms with Crippen LogP contribution >= 0.6 is 62.4 Å². The van der Waals surface area contributed by atoms with Gasteiger partial charge in [-0.15, -0.1) is 46.7 Å². The van der Waals surface area contributed by atoms with Crippen molar-refractivity contribution in [2.75, 3.05) is 39.7 Å². The first-order valence-electron chi connectivity index (χ1n) is 20.6. The summed E-state index contributed by atoms with van der Waals surface area (Å²) in [4.78, 5) is 52.3. The van der Waals surface area contributed by atoms with E-state index >= 15 is 0 Å². The van der Waals surface area contributed by atoms with E-state index in [2.05, 4.69) is 28.8 Å². The Balaban J connectivity index is 1.41. The summed E-state index contributed by atoms with van der Waals surface area (Å²) in [5.74, 6) is -0.0245. The van der Waals surface area contributed by atoms with Gasteiger partial charge in [-0.1, -0.05) is 26.7 Å². The molecule has 4 aliphatic heterocycles. The lowest BCUT2D eigenvalue weighted by Crippen LogP contribution is -2.65. The molecule has 6 unspecified atom stereocenters. The van der Waals surface area contributed by atoms with Crippen LogP contribution < -0.4 is 10.6 Å². The van der Waals surface area contributed by atoms with Gasteiger partial charge in [0, 0.05) is 13.1 Å². The Morgan fingerprint density at radius 3 is 1.36 bits per heavy atom.